The van der Waals surface area contributed by atoms with Crippen LogP contribution >= 0.6 is 15.9 Å². The van der Waals surface area contributed by atoms with Gasteiger partial charge in [0.1, 0.15) is 0 Å². The standard InChI is InChI=1S/C13H19BrN2/c1-3-11-9-15-7-8-16(11)12-6-4-5-10(2)13(12)14/h4-6,11,15H,3,7-9H2,1-2H3. The molecule has 0 spiro atoms. The third-order valence-corrected chi connectivity index (χ3v) is 4.33. The summed E-state index contributed by atoms with van der Waals surface area (Å²) in [6, 6.07) is 7.12. The van der Waals surface area contributed by atoms with Crippen LogP contribution in [0.15, 0.2) is 22.7 Å². The zero-order valence-corrected chi connectivity index (χ0v) is 11.5. The van der Waals surface area contributed by atoms with Crippen LogP contribution in [0.4, 0.5) is 5.69 Å². The van der Waals surface area contributed by atoms with E-state index in [4.69, 9.17) is 0 Å². The molecule has 1 atom stereocenters. The molecule has 1 aliphatic rings. The average molecular weight is 283 g/mol. The summed E-state index contributed by atoms with van der Waals surface area (Å²) in [5.41, 5.74) is 2.65. The zero-order valence-electron chi connectivity index (χ0n) is 9.96. The Morgan fingerprint density at radius 3 is 3.06 bits per heavy atom. The highest BCUT2D eigenvalue weighted by atomic mass is 79.9. The van der Waals surface area contributed by atoms with Crippen LogP contribution in [0.3, 0.4) is 0 Å². The first-order valence-electron chi connectivity index (χ1n) is 5.96. The highest BCUT2D eigenvalue weighted by Gasteiger charge is 2.22. The number of hydrogen-bond acceptors (Lipinski definition) is 2. The Balaban J connectivity index is 2.30. The minimum atomic E-state index is 0.617. The van der Waals surface area contributed by atoms with E-state index in [1.54, 1.807) is 0 Å². The molecule has 1 N–H and O–H groups in total. The van der Waals surface area contributed by atoms with Gasteiger partial charge in [-0.25, -0.2) is 0 Å². The van der Waals surface area contributed by atoms with Gasteiger partial charge in [-0.05, 0) is 40.9 Å². The van der Waals surface area contributed by atoms with Crippen molar-refractivity contribution < 1.29 is 0 Å². The number of aryl methyl sites for hydroxylation is 1. The van der Waals surface area contributed by atoms with E-state index in [1.165, 1.54) is 22.1 Å². The molecule has 0 saturated carbocycles. The summed E-state index contributed by atoms with van der Waals surface area (Å²) in [7, 11) is 0. The second-order valence-corrected chi connectivity index (χ2v) is 5.16. The van der Waals surface area contributed by atoms with Gasteiger partial charge in [0.15, 0.2) is 0 Å². The summed E-state index contributed by atoms with van der Waals surface area (Å²) in [5, 5.41) is 3.46. The summed E-state index contributed by atoms with van der Waals surface area (Å²) in [4.78, 5) is 2.52. The number of rotatable bonds is 2. The molecule has 1 unspecified atom stereocenters. The molecular weight excluding hydrogens is 264 g/mol. The molecule has 2 rings (SSSR count). The Labute approximate surface area is 106 Å². The largest absolute Gasteiger partial charge is 0.365 e. The molecule has 1 aliphatic heterocycles. The topological polar surface area (TPSA) is 15.3 Å². The number of benzene rings is 1. The van der Waals surface area contributed by atoms with Crippen molar-refractivity contribution in [3.05, 3.63) is 28.2 Å². The van der Waals surface area contributed by atoms with E-state index < -0.39 is 0 Å². The van der Waals surface area contributed by atoms with Crippen molar-refractivity contribution in [2.45, 2.75) is 26.3 Å². The molecule has 3 heteroatoms. The summed E-state index contributed by atoms with van der Waals surface area (Å²) >= 11 is 3.71. The fourth-order valence-corrected chi connectivity index (χ4v) is 2.79. The van der Waals surface area contributed by atoms with Crippen molar-refractivity contribution in [1.29, 1.82) is 0 Å². The van der Waals surface area contributed by atoms with Gasteiger partial charge in [0.25, 0.3) is 0 Å². The van der Waals surface area contributed by atoms with Crippen molar-refractivity contribution in [2.24, 2.45) is 0 Å². The van der Waals surface area contributed by atoms with E-state index in [1.807, 2.05) is 0 Å². The van der Waals surface area contributed by atoms with Crippen LogP contribution in [0.2, 0.25) is 0 Å². The molecule has 2 nitrogen and oxygen atoms in total. The second-order valence-electron chi connectivity index (χ2n) is 4.37. The maximum Gasteiger partial charge on any atom is 0.0516 e. The second kappa shape index (κ2) is 5.19. The van der Waals surface area contributed by atoms with Crippen LogP contribution in [0, 0.1) is 6.92 Å². The van der Waals surface area contributed by atoms with E-state index in [0.717, 1.165) is 19.6 Å². The first-order chi connectivity index (χ1) is 7.74. The van der Waals surface area contributed by atoms with Gasteiger partial charge in [0.2, 0.25) is 0 Å². The van der Waals surface area contributed by atoms with Crippen molar-refractivity contribution in [2.75, 3.05) is 24.5 Å². The number of halogens is 1. The highest BCUT2D eigenvalue weighted by molar-refractivity contribution is 9.10. The van der Waals surface area contributed by atoms with E-state index in [-0.39, 0.29) is 0 Å². The summed E-state index contributed by atoms with van der Waals surface area (Å²) in [6.07, 6.45) is 1.19. The van der Waals surface area contributed by atoms with Crippen LogP contribution in [-0.4, -0.2) is 25.7 Å². The van der Waals surface area contributed by atoms with Crippen molar-refractivity contribution >= 4 is 21.6 Å². The van der Waals surface area contributed by atoms with E-state index >= 15 is 0 Å². The van der Waals surface area contributed by atoms with Crippen LogP contribution < -0.4 is 10.2 Å². The Kier molecular flexibility index (Phi) is 3.87. The molecule has 1 aromatic carbocycles. The molecule has 1 heterocycles. The summed E-state index contributed by atoms with van der Waals surface area (Å²) in [5.74, 6) is 0. The monoisotopic (exact) mass is 282 g/mol. The smallest absolute Gasteiger partial charge is 0.0516 e. The quantitative estimate of drug-likeness (QED) is 0.897. The molecule has 88 valence electrons. The fourth-order valence-electron chi connectivity index (χ4n) is 2.30. The molecule has 0 aromatic heterocycles. The SMILES string of the molecule is CCC1CNCCN1c1cccc(C)c1Br. The van der Waals surface area contributed by atoms with Gasteiger partial charge in [-0.15, -0.1) is 0 Å². The minimum absolute atomic E-state index is 0.617. The number of nitrogens with zero attached hydrogens (tertiary/aromatic N) is 1. The molecule has 1 saturated heterocycles. The first kappa shape index (κ1) is 11.9. The molecule has 0 amide bonds. The Morgan fingerprint density at radius 2 is 2.31 bits per heavy atom. The predicted molar refractivity (Wildman–Crippen MR) is 73.2 cm³/mol. The average Bonchev–Trinajstić information content (AvgIpc) is 2.33. The molecular formula is C13H19BrN2. The summed E-state index contributed by atoms with van der Waals surface area (Å²) < 4.78 is 1.25. The first-order valence-corrected chi connectivity index (χ1v) is 6.75. The van der Waals surface area contributed by atoms with Crippen molar-refractivity contribution in [1.82, 2.24) is 5.32 Å². The van der Waals surface area contributed by atoms with E-state index in [9.17, 15) is 0 Å². The normalized spacial score (nSPS) is 21.2. The van der Waals surface area contributed by atoms with E-state index in [0.29, 0.717) is 6.04 Å². The third kappa shape index (κ3) is 2.25. The van der Waals surface area contributed by atoms with Gasteiger partial charge in [-0.1, -0.05) is 19.1 Å². The Morgan fingerprint density at radius 1 is 1.50 bits per heavy atom. The van der Waals surface area contributed by atoms with Crippen LogP contribution in [0.1, 0.15) is 18.9 Å². The third-order valence-electron chi connectivity index (χ3n) is 3.30. The molecule has 0 bridgehead atoms. The molecule has 1 aromatic rings. The van der Waals surface area contributed by atoms with Gasteiger partial charge in [0, 0.05) is 30.1 Å². The van der Waals surface area contributed by atoms with Crippen molar-refractivity contribution in [3.63, 3.8) is 0 Å². The van der Waals surface area contributed by atoms with Gasteiger partial charge in [-0.3, -0.25) is 0 Å². The highest BCUT2D eigenvalue weighted by Crippen LogP contribution is 2.31. The predicted octanol–water partition coefficient (Wildman–Crippen LogP) is 2.95. The van der Waals surface area contributed by atoms with Gasteiger partial charge >= 0.3 is 0 Å². The molecule has 0 radical (unpaired) electrons. The van der Waals surface area contributed by atoms with Crippen LogP contribution in [-0.2, 0) is 0 Å². The number of nitrogens with one attached hydrogen (secondary N) is 1. The Hall–Kier alpha value is -0.540. The molecule has 1 fully saturated rings. The van der Waals surface area contributed by atoms with E-state index in [2.05, 4.69) is 58.2 Å². The number of anilines is 1. The van der Waals surface area contributed by atoms with Crippen LogP contribution in [0.25, 0.3) is 0 Å². The zero-order chi connectivity index (χ0) is 11.5. The lowest BCUT2D eigenvalue weighted by molar-refractivity contribution is 0.466. The van der Waals surface area contributed by atoms with Crippen molar-refractivity contribution in [3.8, 4) is 0 Å². The minimum Gasteiger partial charge on any atom is -0.365 e. The van der Waals surface area contributed by atoms with Gasteiger partial charge < -0.3 is 10.2 Å². The lowest BCUT2D eigenvalue weighted by Crippen LogP contribution is -2.51. The Bertz CT molecular complexity index is 365. The van der Waals surface area contributed by atoms with Gasteiger partial charge in [0.05, 0.1) is 5.69 Å². The number of hydrogen-bond donors (Lipinski definition) is 1. The maximum atomic E-state index is 3.71. The summed E-state index contributed by atoms with van der Waals surface area (Å²) in [6.45, 7) is 7.68. The fraction of sp³-hybridized carbons (Fsp3) is 0.538. The molecule has 16 heavy (non-hydrogen) atoms. The lowest BCUT2D eigenvalue weighted by Gasteiger charge is -2.38. The van der Waals surface area contributed by atoms with Gasteiger partial charge in [-0.2, -0.15) is 0 Å². The molecule has 0 aliphatic carbocycles. The lowest BCUT2D eigenvalue weighted by atomic mass is 10.1. The maximum absolute atomic E-state index is 3.71. The van der Waals surface area contributed by atoms with Crippen LogP contribution in [0.5, 0.6) is 0 Å². The number of piperazine rings is 1.